The van der Waals surface area contributed by atoms with Crippen LogP contribution in [0, 0.1) is 15.3 Å². The van der Waals surface area contributed by atoms with Crippen LogP contribution in [0.4, 0.5) is 64.1 Å². The Balaban J connectivity index is 2.11. The number of aromatic nitrogens is 1. The zero-order chi connectivity index (χ0) is 33.4. The third kappa shape index (κ3) is 6.63. The number of halogens is 13. The van der Waals surface area contributed by atoms with E-state index in [1.165, 1.54) is 0 Å². The van der Waals surface area contributed by atoms with Crippen molar-refractivity contribution in [3.8, 4) is 0 Å². The molecule has 0 radical (unpaired) electrons. The number of amides is 2. The quantitative estimate of drug-likeness (QED) is 0.114. The summed E-state index contributed by atoms with van der Waals surface area (Å²) < 4.78 is 163. The van der Waals surface area contributed by atoms with Crippen LogP contribution in [0.25, 0.3) is 0 Å². The molecule has 0 unspecified atom stereocenters. The molecule has 0 aliphatic carbocycles. The third-order valence-electron chi connectivity index (χ3n) is 5.86. The summed E-state index contributed by atoms with van der Waals surface area (Å²) >= 11 is 0.849. The normalized spacial score (nSPS) is 12.6. The molecule has 2 aromatic carbocycles. The van der Waals surface area contributed by atoms with Gasteiger partial charge in [0.1, 0.15) is 0 Å². The maximum atomic E-state index is 15.6. The van der Waals surface area contributed by atoms with Crippen molar-refractivity contribution in [1.82, 2.24) is 4.98 Å². The number of carbonyl (C=O) groups is 2. The van der Waals surface area contributed by atoms with Crippen LogP contribution < -0.4 is 10.2 Å². The fourth-order valence-electron chi connectivity index (χ4n) is 3.81. The van der Waals surface area contributed by atoms with Gasteiger partial charge in [-0.3, -0.25) is 9.59 Å². The fourth-order valence-corrected chi connectivity index (χ4v) is 4.57. The van der Waals surface area contributed by atoms with Crippen molar-refractivity contribution in [1.29, 1.82) is 0 Å². The number of hydrogen-bond acceptors (Lipinski definition) is 3. The Bertz CT molecular complexity index is 1570. The Kier molecular flexibility index (Phi) is 9.67. The number of nitrogens with one attached hydrogen (secondary N) is 1. The van der Waals surface area contributed by atoms with Crippen molar-refractivity contribution in [2.45, 2.75) is 24.2 Å². The molecule has 0 aliphatic rings. The first-order valence-electron chi connectivity index (χ1n) is 11.5. The van der Waals surface area contributed by atoms with Crippen molar-refractivity contribution in [3.05, 3.63) is 98.9 Å². The van der Waals surface area contributed by atoms with Crippen LogP contribution in [0.1, 0.15) is 31.8 Å². The number of alkyl halides is 10. The number of carbonyl (C=O) groups excluding carboxylic acids is 2. The molecule has 0 saturated heterocycles. The highest BCUT2D eigenvalue weighted by molar-refractivity contribution is 14.1. The van der Waals surface area contributed by atoms with Gasteiger partial charge in [-0.1, -0.05) is 12.1 Å². The van der Waals surface area contributed by atoms with Gasteiger partial charge in [0, 0.05) is 21.9 Å². The van der Waals surface area contributed by atoms with Crippen molar-refractivity contribution < 1.29 is 62.3 Å². The van der Waals surface area contributed by atoms with Crippen molar-refractivity contribution in [3.63, 3.8) is 0 Å². The lowest BCUT2D eigenvalue weighted by Crippen LogP contribution is -2.50. The Morgan fingerprint density at radius 1 is 0.932 bits per heavy atom. The number of anilines is 2. The van der Waals surface area contributed by atoms with E-state index < -0.39 is 92.0 Å². The van der Waals surface area contributed by atoms with E-state index >= 15 is 4.39 Å². The predicted molar refractivity (Wildman–Crippen MR) is 139 cm³/mol. The molecule has 1 aromatic heterocycles. The molecule has 44 heavy (non-hydrogen) atoms. The first kappa shape index (κ1) is 34.6. The van der Waals surface area contributed by atoms with Crippen molar-refractivity contribution in [2.75, 3.05) is 16.8 Å². The second-order valence-corrected chi connectivity index (χ2v) is 9.86. The molecule has 3 aromatic rings. The minimum Gasteiger partial charge on any atom is -0.320 e. The predicted octanol–water partition coefficient (Wildman–Crippen LogP) is 8.36. The monoisotopic (exact) mass is 755 g/mol. The average molecular weight is 755 g/mol. The van der Waals surface area contributed by atoms with Gasteiger partial charge in [0.25, 0.3) is 11.8 Å². The van der Waals surface area contributed by atoms with E-state index in [1.54, 1.807) is 5.32 Å². The highest BCUT2D eigenvalue weighted by atomic mass is 127. The topological polar surface area (TPSA) is 62.3 Å². The first-order chi connectivity index (χ1) is 20.1. The summed E-state index contributed by atoms with van der Waals surface area (Å²) in [6, 6.07) is 3.61. The molecule has 18 heteroatoms. The molecule has 1 heterocycles. The molecule has 236 valence electrons. The molecule has 0 aliphatic heterocycles. The highest BCUT2D eigenvalue weighted by Crippen LogP contribution is 2.54. The summed E-state index contributed by atoms with van der Waals surface area (Å²) in [5.74, 6) is -5.08. The van der Waals surface area contributed by atoms with Crippen LogP contribution in [0.3, 0.4) is 0 Å². The maximum Gasteiger partial charge on any atom is 0.435 e. The van der Waals surface area contributed by atoms with Crippen LogP contribution in [0.5, 0.6) is 0 Å². The molecule has 5 nitrogen and oxygen atoms in total. The first-order valence-corrected chi connectivity index (χ1v) is 12.6. The van der Waals surface area contributed by atoms with E-state index in [9.17, 15) is 57.9 Å². The summed E-state index contributed by atoms with van der Waals surface area (Å²) in [5, 5.41) is 1.60. The van der Waals surface area contributed by atoms with Crippen LogP contribution in [0.2, 0.25) is 0 Å². The van der Waals surface area contributed by atoms with Crippen LogP contribution in [-0.4, -0.2) is 35.7 Å². The maximum absolute atomic E-state index is 15.6. The second kappa shape index (κ2) is 12.3. The van der Waals surface area contributed by atoms with Gasteiger partial charge in [0.2, 0.25) is 5.95 Å². The van der Waals surface area contributed by atoms with Gasteiger partial charge in [0.05, 0.1) is 28.1 Å². The molecule has 0 fully saturated rings. The molecule has 0 saturated carbocycles. The second-order valence-electron chi connectivity index (χ2n) is 8.70. The standard InChI is InChI=1S/C26H14F12IN3O2/c1-2-8-42(22(44)12-6-7-18(27)40-11-12)17-5-3-4-14(19(17)28)21(43)41-20-15(24(30,31)32)9-13(10-16(20)39)23(29,25(33,34)35)26(36,37)38/h2-7,9-11H,1,8H2,(H,41,43). The lowest BCUT2D eigenvalue weighted by Gasteiger charge is -2.31. The zero-order valence-electron chi connectivity index (χ0n) is 21.2. The summed E-state index contributed by atoms with van der Waals surface area (Å²) in [6.07, 6.45) is -17.3. The van der Waals surface area contributed by atoms with Gasteiger partial charge < -0.3 is 10.2 Å². The van der Waals surface area contributed by atoms with Gasteiger partial charge in [-0.25, -0.2) is 13.8 Å². The largest absolute Gasteiger partial charge is 0.435 e. The van der Waals surface area contributed by atoms with Crippen LogP contribution in [-0.2, 0) is 11.8 Å². The van der Waals surface area contributed by atoms with E-state index in [4.69, 9.17) is 0 Å². The molecule has 0 spiro atoms. The molecule has 0 bridgehead atoms. The summed E-state index contributed by atoms with van der Waals surface area (Å²) in [4.78, 5) is 29.9. The summed E-state index contributed by atoms with van der Waals surface area (Å²) in [5.41, 5.74) is -14.3. The number of pyridine rings is 1. The van der Waals surface area contributed by atoms with Gasteiger partial charge in [-0.15, -0.1) is 6.58 Å². The van der Waals surface area contributed by atoms with E-state index in [0.717, 1.165) is 65.2 Å². The molecule has 3 rings (SSSR count). The molecule has 1 N–H and O–H groups in total. The van der Waals surface area contributed by atoms with Crippen molar-refractivity contribution >= 4 is 45.8 Å². The number of nitrogens with zero attached hydrogens (tertiary/aromatic N) is 2. The SMILES string of the molecule is C=CCN(C(=O)c1ccc(F)nc1)c1cccc(C(=O)Nc2c(I)cc(C(F)(C(F)(F)F)C(F)(F)F)cc2C(F)(F)F)c1F. The Morgan fingerprint density at radius 2 is 1.55 bits per heavy atom. The number of rotatable bonds is 7. The number of benzene rings is 2. The Morgan fingerprint density at radius 3 is 2.05 bits per heavy atom. The summed E-state index contributed by atoms with van der Waals surface area (Å²) in [6.45, 7) is 3.01. The minimum atomic E-state index is -6.73. The van der Waals surface area contributed by atoms with E-state index in [0.29, 0.717) is 4.90 Å². The molecule has 2 amide bonds. The van der Waals surface area contributed by atoms with Crippen LogP contribution in [0.15, 0.2) is 61.3 Å². The lowest BCUT2D eigenvalue weighted by molar-refractivity contribution is -0.348. The van der Waals surface area contributed by atoms with Gasteiger partial charge >= 0.3 is 24.2 Å². The van der Waals surface area contributed by atoms with Crippen molar-refractivity contribution in [2.24, 2.45) is 0 Å². The lowest BCUT2D eigenvalue weighted by atomic mass is 9.92. The van der Waals surface area contributed by atoms with E-state index in [1.807, 2.05) is 0 Å². The smallest absolute Gasteiger partial charge is 0.320 e. The Hall–Kier alpha value is -3.84. The Labute approximate surface area is 252 Å². The van der Waals surface area contributed by atoms with Gasteiger partial charge in [-0.05, 0) is 59.0 Å². The highest BCUT2D eigenvalue weighted by Gasteiger charge is 2.73. The minimum absolute atomic E-state index is 0.194. The third-order valence-corrected chi connectivity index (χ3v) is 6.71. The van der Waals surface area contributed by atoms with Gasteiger partial charge in [0.15, 0.2) is 5.82 Å². The fraction of sp³-hybridized carbons (Fsp3) is 0.192. The van der Waals surface area contributed by atoms with E-state index in [-0.39, 0.29) is 11.6 Å². The molecular formula is C26H14F12IN3O2. The molecule has 0 atom stereocenters. The van der Waals surface area contributed by atoms with Crippen LogP contribution >= 0.6 is 22.6 Å². The summed E-state index contributed by atoms with van der Waals surface area (Å²) in [7, 11) is 0. The average Bonchev–Trinajstić information content (AvgIpc) is 2.90. The molecular weight excluding hydrogens is 741 g/mol. The van der Waals surface area contributed by atoms with E-state index in [2.05, 4.69) is 11.6 Å². The zero-order valence-corrected chi connectivity index (χ0v) is 23.4. The number of hydrogen-bond donors (Lipinski definition) is 1. The van der Waals surface area contributed by atoms with Gasteiger partial charge in [-0.2, -0.15) is 43.9 Å².